The monoisotopic (exact) mass is 420 g/mol. The molecule has 4 rings (SSSR count). The van der Waals surface area contributed by atoms with Crippen molar-refractivity contribution in [1.82, 2.24) is 15.2 Å². The molecule has 30 heavy (non-hydrogen) atoms. The first kappa shape index (κ1) is 20.1. The molecule has 1 aromatic carbocycles. The van der Waals surface area contributed by atoms with Gasteiger partial charge in [0.1, 0.15) is 5.82 Å². The zero-order valence-corrected chi connectivity index (χ0v) is 17.7. The van der Waals surface area contributed by atoms with Crippen LogP contribution < -0.4 is 10.2 Å². The Kier molecular flexibility index (Phi) is 6.09. The van der Waals surface area contributed by atoms with Crippen LogP contribution >= 0.6 is 11.3 Å². The van der Waals surface area contributed by atoms with Crippen molar-refractivity contribution < 1.29 is 9.59 Å². The molecule has 0 bridgehead atoms. The molecule has 154 valence electrons. The van der Waals surface area contributed by atoms with E-state index >= 15 is 0 Å². The smallest absolute Gasteiger partial charge is 0.255 e. The molecule has 7 heteroatoms. The highest BCUT2D eigenvalue weighted by atomic mass is 32.1. The van der Waals surface area contributed by atoms with Crippen LogP contribution in [0.3, 0.4) is 0 Å². The van der Waals surface area contributed by atoms with Crippen molar-refractivity contribution in [3.63, 3.8) is 0 Å². The second kappa shape index (κ2) is 9.09. The summed E-state index contributed by atoms with van der Waals surface area (Å²) >= 11 is 1.62. The van der Waals surface area contributed by atoms with Gasteiger partial charge in [0.05, 0.1) is 12.1 Å². The van der Waals surface area contributed by atoms with Crippen LogP contribution in [0.2, 0.25) is 0 Å². The average molecular weight is 421 g/mol. The largest absolute Gasteiger partial charge is 0.352 e. The first-order valence-electron chi connectivity index (χ1n) is 9.99. The van der Waals surface area contributed by atoms with E-state index in [1.165, 1.54) is 0 Å². The van der Waals surface area contributed by atoms with Crippen molar-refractivity contribution in [3.8, 4) is 0 Å². The first-order valence-corrected chi connectivity index (χ1v) is 10.9. The van der Waals surface area contributed by atoms with E-state index in [4.69, 9.17) is 0 Å². The van der Waals surface area contributed by atoms with Crippen LogP contribution in [0.25, 0.3) is 0 Å². The number of carbonyl (C=O) groups is 2. The number of amides is 2. The third-order valence-electron chi connectivity index (χ3n) is 5.28. The Balaban J connectivity index is 1.42. The van der Waals surface area contributed by atoms with Crippen LogP contribution in [0.1, 0.15) is 31.2 Å². The van der Waals surface area contributed by atoms with Crippen LogP contribution in [0.5, 0.6) is 0 Å². The van der Waals surface area contributed by atoms with E-state index in [1.54, 1.807) is 29.7 Å². The van der Waals surface area contributed by atoms with Gasteiger partial charge in [-0.25, -0.2) is 4.98 Å². The SMILES string of the molecule is Cc1ccccc1C(=O)N1CCN(c2ncccc2C(=O)NCc2cccs2)CC1. The van der Waals surface area contributed by atoms with Gasteiger partial charge in [-0.2, -0.15) is 0 Å². The summed E-state index contributed by atoms with van der Waals surface area (Å²) in [6.45, 7) is 4.93. The highest BCUT2D eigenvalue weighted by Crippen LogP contribution is 2.21. The number of hydrogen-bond acceptors (Lipinski definition) is 5. The molecule has 0 aliphatic carbocycles. The lowest BCUT2D eigenvalue weighted by molar-refractivity contribution is 0.0745. The number of aryl methyl sites for hydroxylation is 1. The fourth-order valence-corrected chi connectivity index (χ4v) is 4.25. The molecule has 6 nitrogen and oxygen atoms in total. The summed E-state index contributed by atoms with van der Waals surface area (Å²) in [6.07, 6.45) is 1.70. The van der Waals surface area contributed by atoms with Crippen LogP contribution in [-0.4, -0.2) is 47.9 Å². The van der Waals surface area contributed by atoms with Crippen LogP contribution in [-0.2, 0) is 6.54 Å². The van der Waals surface area contributed by atoms with E-state index < -0.39 is 0 Å². The summed E-state index contributed by atoms with van der Waals surface area (Å²) in [6, 6.07) is 15.2. The number of benzene rings is 1. The average Bonchev–Trinajstić information content (AvgIpc) is 3.31. The third-order valence-corrected chi connectivity index (χ3v) is 6.15. The molecule has 0 radical (unpaired) electrons. The maximum atomic E-state index is 12.9. The zero-order chi connectivity index (χ0) is 20.9. The molecule has 0 atom stereocenters. The zero-order valence-electron chi connectivity index (χ0n) is 16.9. The topological polar surface area (TPSA) is 65.5 Å². The van der Waals surface area contributed by atoms with Gasteiger partial charge in [0.2, 0.25) is 0 Å². The molecule has 1 fully saturated rings. The predicted molar refractivity (Wildman–Crippen MR) is 119 cm³/mol. The lowest BCUT2D eigenvalue weighted by atomic mass is 10.1. The van der Waals surface area contributed by atoms with E-state index in [-0.39, 0.29) is 11.8 Å². The van der Waals surface area contributed by atoms with E-state index in [1.807, 2.05) is 53.6 Å². The van der Waals surface area contributed by atoms with Crippen molar-refractivity contribution in [2.45, 2.75) is 13.5 Å². The van der Waals surface area contributed by atoms with Gasteiger partial charge in [-0.3, -0.25) is 9.59 Å². The fourth-order valence-electron chi connectivity index (χ4n) is 3.61. The van der Waals surface area contributed by atoms with Gasteiger partial charge in [0.15, 0.2) is 0 Å². The van der Waals surface area contributed by atoms with E-state index in [9.17, 15) is 9.59 Å². The Morgan fingerprint density at radius 1 is 1.00 bits per heavy atom. The van der Waals surface area contributed by atoms with Gasteiger partial charge in [-0.15, -0.1) is 11.3 Å². The van der Waals surface area contributed by atoms with Crippen molar-refractivity contribution >= 4 is 29.0 Å². The minimum absolute atomic E-state index is 0.0580. The van der Waals surface area contributed by atoms with Gasteiger partial charge < -0.3 is 15.1 Å². The van der Waals surface area contributed by atoms with Gasteiger partial charge in [0.25, 0.3) is 11.8 Å². The highest BCUT2D eigenvalue weighted by Gasteiger charge is 2.26. The van der Waals surface area contributed by atoms with Crippen LogP contribution in [0, 0.1) is 6.92 Å². The highest BCUT2D eigenvalue weighted by molar-refractivity contribution is 7.09. The van der Waals surface area contributed by atoms with Crippen molar-refractivity contribution in [2.75, 3.05) is 31.1 Å². The molecule has 0 saturated carbocycles. The summed E-state index contributed by atoms with van der Waals surface area (Å²) in [7, 11) is 0. The molecule has 3 aromatic rings. The number of pyridine rings is 1. The normalized spacial score (nSPS) is 13.9. The number of piperazine rings is 1. The number of hydrogen-bond donors (Lipinski definition) is 1. The quantitative estimate of drug-likeness (QED) is 0.688. The Hall–Kier alpha value is -3.19. The lowest BCUT2D eigenvalue weighted by Crippen LogP contribution is -2.49. The summed E-state index contributed by atoms with van der Waals surface area (Å²) < 4.78 is 0. The standard InChI is InChI=1S/C23H24N4O2S/c1-17-6-2-3-8-19(17)23(29)27-13-11-26(12-14-27)21-20(9-4-10-24-21)22(28)25-16-18-7-5-15-30-18/h2-10,15H,11-14,16H2,1H3,(H,25,28). The Bertz CT molecular complexity index is 1030. The maximum absolute atomic E-state index is 12.9. The Morgan fingerprint density at radius 2 is 1.77 bits per heavy atom. The molecule has 2 aromatic heterocycles. The summed E-state index contributed by atoms with van der Waals surface area (Å²) in [5, 5.41) is 4.97. The molecular weight excluding hydrogens is 396 g/mol. The number of anilines is 1. The Morgan fingerprint density at radius 3 is 2.50 bits per heavy atom. The molecule has 2 amide bonds. The molecule has 1 aliphatic heterocycles. The van der Waals surface area contributed by atoms with Crippen molar-refractivity contribution in [1.29, 1.82) is 0 Å². The third kappa shape index (κ3) is 4.36. The van der Waals surface area contributed by atoms with E-state index in [2.05, 4.69) is 15.2 Å². The van der Waals surface area contributed by atoms with E-state index in [0.29, 0.717) is 44.1 Å². The number of nitrogens with zero attached hydrogens (tertiary/aromatic N) is 3. The van der Waals surface area contributed by atoms with Gasteiger partial charge in [-0.1, -0.05) is 24.3 Å². The van der Waals surface area contributed by atoms with E-state index in [0.717, 1.165) is 16.0 Å². The Labute approximate surface area is 180 Å². The second-order valence-electron chi connectivity index (χ2n) is 7.23. The first-order chi connectivity index (χ1) is 14.6. The predicted octanol–water partition coefficient (Wildman–Crippen LogP) is 3.34. The van der Waals surface area contributed by atoms with Crippen molar-refractivity contribution in [2.24, 2.45) is 0 Å². The summed E-state index contributed by atoms with van der Waals surface area (Å²) in [5.41, 5.74) is 2.30. The molecular formula is C23H24N4O2S. The molecule has 3 heterocycles. The van der Waals surface area contributed by atoms with Gasteiger partial charge in [0, 0.05) is 42.8 Å². The van der Waals surface area contributed by atoms with Crippen LogP contribution in [0.15, 0.2) is 60.1 Å². The van der Waals surface area contributed by atoms with Crippen molar-refractivity contribution in [3.05, 3.63) is 81.7 Å². The number of carbonyl (C=O) groups excluding carboxylic acids is 2. The summed E-state index contributed by atoms with van der Waals surface area (Å²) in [4.78, 5) is 35.2. The second-order valence-corrected chi connectivity index (χ2v) is 8.26. The molecule has 0 spiro atoms. The molecule has 1 N–H and O–H groups in total. The summed E-state index contributed by atoms with van der Waals surface area (Å²) in [5.74, 6) is 0.594. The van der Waals surface area contributed by atoms with Gasteiger partial charge >= 0.3 is 0 Å². The number of thiophene rings is 1. The number of nitrogens with one attached hydrogen (secondary N) is 1. The van der Waals surface area contributed by atoms with Gasteiger partial charge in [-0.05, 0) is 42.1 Å². The number of aromatic nitrogens is 1. The number of rotatable bonds is 5. The van der Waals surface area contributed by atoms with Crippen LogP contribution in [0.4, 0.5) is 5.82 Å². The minimum Gasteiger partial charge on any atom is -0.352 e. The lowest BCUT2D eigenvalue weighted by Gasteiger charge is -2.36. The molecule has 1 saturated heterocycles. The molecule has 1 aliphatic rings. The maximum Gasteiger partial charge on any atom is 0.255 e. The minimum atomic E-state index is -0.134. The fraction of sp³-hybridized carbons (Fsp3) is 0.261. The molecule has 0 unspecified atom stereocenters.